The molecule has 0 radical (unpaired) electrons. The number of thiazole rings is 1. The molecule has 2 heterocycles. The van der Waals surface area contributed by atoms with Gasteiger partial charge in [-0.25, -0.2) is 4.98 Å². The van der Waals surface area contributed by atoms with Crippen LogP contribution in [0.5, 0.6) is 0 Å². The highest BCUT2D eigenvalue weighted by Crippen LogP contribution is 2.30. The van der Waals surface area contributed by atoms with Gasteiger partial charge in [0.25, 0.3) is 5.91 Å². The van der Waals surface area contributed by atoms with Gasteiger partial charge >= 0.3 is 0 Å². The van der Waals surface area contributed by atoms with Crippen LogP contribution < -0.4 is 5.73 Å². The summed E-state index contributed by atoms with van der Waals surface area (Å²) in [6.45, 7) is 6.59. The average molecular weight is 253 g/mol. The van der Waals surface area contributed by atoms with Crippen LogP contribution in [0, 0.1) is 5.41 Å². The number of nitrogens with zero attached hydrogens (tertiary/aromatic N) is 2. The number of amides is 1. The Hall–Kier alpha value is -0.940. The van der Waals surface area contributed by atoms with Crippen LogP contribution in [0.25, 0.3) is 0 Å². The first kappa shape index (κ1) is 12.5. The fraction of sp³-hybridized carbons (Fsp3) is 0.667. The number of rotatable bonds is 2. The zero-order valence-corrected chi connectivity index (χ0v) is 11.2. The normalized spacial score (nSPS) is 19.4. The summed E-state index contributed by atoms with van der Waals surface area (Å²) in [7, 11) is 0. The molecule has 0 aromatic carbocycles. The molecule has 1 fully saturated rings. The van der Waals surface area contributed by atoms with Gasteiger partial charge in [-0.1, -0.05) is 13.8 Å². The van der Waals surface area contributed by atoms with Crippen molar-refractivity contribution in [3.8, 4) is 0 Å². The van der Waals surface area contributed by atoms with Gasteiger partial charge < -0.3 is 10.6 Å². The Morgan fingerprint density at radius 2 is 2.18 bits per heavy atom. The van der Waals surface area contributed by atoms with E-state index in [-0.39, 0.29) is 5.91 Å². The number of piperidine rings is 1. The summed E-state index contributed by atoms with van der Waals surface area (Å²) in [6, 6.07) is 0. The van der Waals surface area contributed by atoms with Gasteiger partial charge in [0.05, 0.1) is 0 Å². The van der Waals surface area contributed by atoms with Gasteiger partial charge in [-0.05, 0) is 18.3 Å². The lowest BCUT2D eigenvalue weighted by Gasteiger charge is -2.36. The van der Waals surface area contributed by atoms with Gasteiger partial charge in [0.1, 0.15) is 10.7 Å². The monoisotopic (exact) mass is 253 g/mol. The smallest absolute Gasteiger partial charge is 0.273 e. The Bertz CT molecular complexity index is 404. The van der Waals surface area contributed by atoms with Gasteiger partial charge in [-0.2, -0.15) is 0 Å². The van der Waals surface area contributed by atoms with E-state index in [9.17, 15) is 4.79 Å². The highest BCUT2D eigenvalue weighted by molar-refractivity contribution is 7.09. The number of carbonyl (C=O) groups excluding carboxylic acids is 1. The van der Waals surface area contributed by atoms with Crippen molar-refractivity contribution in [1.29, 1.82) is 0 Å². The number of carbonyl (C=O) groups is 1. The van der Waals surface area contributed by atoms with E-state index in [4.69, 9.17) is 5.73 Å². The van der Waals surface area contributed by atoms with Crippen molar-refractivity contribution in [2.45, 2.75) is 33.2 Å². The SMILES string of the molecule is CC1(C)CCN(C(=O)c2csc(CN)n2)CC1. The summed E-state index contributed by atoms with van der Waals surface area (Å²) in [6.07, 6.45) is 2.12. The molecule has 5 heteroatoms. The van der Waals surface area contributed by atoms with Crippen molar-refractivity contribution in [3.05, 3.63) is 16.1 Å². The minimum atomic E-state index is 0.0523. The summed E-state index contributed by atoms with van der Waals surface area (Å²) in [5.41, 5.74) is 6.41. The zero-order chi connectivity index (χ0) is 12.5. The maximum atomic E-state index is 12.2. The second-order valence-corrected chi connectivity index (χ2v) is 6.23. The van der Waals surface area contributed by atoms with Crippen molar-refractivity contribution >= 4 is 17.2 Å². The molecule has 0 saturated carbocycles. The third-order valence-corrected chi connectivity index (χ3v) is 4.22. The molecule has 2 rings (SSSR count). The van der Waals surface area contributed by atoms with Crippen LogP contribution >= 0.6 is 11.3 Å². The predicted octanol–water partition coefficient (Wildman–Crippen LogP) is 1.86. The first-order valence-corrected chi connectivity index (χ1v) is 6.83. The van der Waals surface area contributed by atoms with Crippen molar-refractivity contribution in [3.63, 3.8) is 0 Å². The van der Waals surface area contributed by atoms with Crippen LogP contribution in [0.4, 0.5) is 0 Å². The predicted molar refractivity (Wildman–Crippen MR) is 68.9 cm³/mol. The van der Waals surface area contributed by atoms with Crippen LogP contribution in [-0.4, -0.2) is 28.9 Å². The Morgan fingerprint density at radius 1 is 1.53 bits per heavy atom. The second kappa shape index (κ2) is 4.74. The van der Waals surface area contributed by atoms with Crippen LogP contribution in [0.2, 0.25) is 0 Å². The maximum absolute atomic E-state index is 12.2. The van der Waals surface area contributed by atoms with Crippen molar-refractivity contribution in [1.82, 2.24) is 9.88 Å². The van der Waals surface area contributed by atoms with Gasteiger partial charge in [0.15, 0.2) is 0 Å². The third kappa shape index (κ3) is 2.84. The number of likely N-dealkylation sites (tertiary alicyclic amines) is 1. The summed E-state index contributed by atoms with van der Waals surface area (Å²) in [4.78, 5) is 18.3. The molecule has 1 aromatic heterocycles. The molecule has 1 saturated heterocycles. The second-order valence-electron chi connectivity index (χ2n) is 5.29. The minimum absolute atomic E-state index is 0.0523. The van der Waals surface area contributed by atoms with Gasteiger partial charge in [-0.15, -0.1) is 11.3 Å². The summed E-state index contributed by atoms with van der Waals surface area (Å²) >= 11 is 1.46. The topological polar surface area (TPSA) is 59.2 Å². The van der Waals surface area contributed by atoms with E-state index < -0.39 is 0 Å². The number of hydrogen-bond donors (Lipinski definition) is 1. The van der Waals surface area contributed by atoms with E-state index in [1.54, 1.807) is 0 Å². The standard InChI is InChI=1S/C12H19N3OS/c1-12(2)3-5-15(6-4-12)11(16)9-8-17-10(7-13)14-9/h8H,3-7,13H2,1-2H3. The molecule has 2 N–H and O–H groups in total. The Morgan fingerprint density at radius 3 is 2.71 bits per heavy atom. The molecule has 0 bridgehead atoms. The number of aromatic nitrogens is 1. The Kier molecular flexibility index (Phi) is 3.49. The molecule has 1 amide bonds. The van der Waals surface area contributed by atoms with Gasteiger partial charge in [0, 0.05) is 25.0 Å². The first-order chi connectivity index (χ1) is 8.02. The van der Waals surface area contributed by atoms with Gasteiger partial charge in [-0.3, -0.25) is 4.79 Å². The highest BCUT2D eigenvalue weighted by Gasteiger charge is 2.29. The highest BCUT2D eigenvalue weighted by atomic mass is 32.1. The zero-order valence-electron chi connectivity index (χ0n) is 10.4. The fourth-order valence-corrected chi connectivity index (χ4v) is 2.63. The molecule has 0 aliphatic carbocycles. The molecule has 94 valence electrons. The Labute approximate surface area is 106 Å². The van der Waals surface area contributed by atoms with Crippen LogP contribution in [-0.2, 0) is 6.54 Å². The number of nitrogens with two attached hydrogens (primary N) is 1. The Balaban J connectivity index is 2.01. The molecule has 1 aromatic rings. The van der Waals surface area contributed by atoms with Crippen LogP contribution in [0.15, 0.2) is 5.38 Å². The van der Waals surface area contributed by atoms with Crippen molar-refractivity contribution in [2.75, 3.05) is 13.1 Å². The molecular formula is C12H19N3OS. The molecule has 0 spiro atoms. The molecule has 4 nitrogen and oxygen atoms in total. The number of hydrogen-bond acceptors (Lipinski definition) is 4. The van der Waals surface area contributed by atoms with Crippen LogP contribution in [0.1, 0.15) is 42.2 Å². The summed E-state index contributed by atoms with van der Waals surface area (Å²) in [5.74, 6) is 0.0523. The largest absolute Gasteiger partial charge is 0.337 e. The fourth-order valence-electron chi connectivity index (χ4n) is 1.98. The quantitative estimate of drug-likeness (QED) is 0.875. The van der Waals surface area contributed by atoms with E-state index in [2.05, 4.69) is 18.8 Å². The van der Waals surface area contributed by atoms with E-state index in [0.29, 0.717) is 17.7 Å². The lowest BCUT2D eigenvalue weighted by molar-refractivity contribution is 0.0625. The minimum Gasteiger partial charge on any atom is -0.337 e. The molecule has 0 unspecified atom stereocenters. The van der Waals surface area contributed by atoms with Crippen molar-refractivity contribution in [2.24, 2.45) is 11.1 Å². The van der Waals surface area contributed by atoms with E-state index >= 15 is 0 Å². The van der Waals surface area contributed by atoms with E-state index in [1.165, 1.54) is 11.3 Å². The van der Waals surface area contributed by atoms with E-state index in [1.807, 2.05) is 10.3 Å². The average Bonchev–Trinajstić information content (AvgIpc) is 2.76. The third-order valence-electron chi connectivity index (χ3n) is 3.35. The van der Waals surface area contributed by atoms with Crippen molar-refractivity contribution < 1.29 is 4.79 Å². The molecule has 1 aliphatic heterocycles. The van der Waals surface area contributed by atoms with Crippen LogP contribution in [0.3, 0.4) is 0 Å². The first-order valence-electron chi connectivity index (χ1n) is 5.95. The van der Waals surface area contributed by atoms with E-state index in [0.717, 1.165) is 30.9 Å². The lowest BCUT2D eigenvalue weighted by atomic mass is 9.82. The maximum Gasteiger partial charge on any atom is 0.273 e. The molecule has 0 atom stereocenters. The lowest BCUT2D eigenvalue weighted by Crippen LogP contribution is -2.41. The molecule has 1 aliphatic rings. The summed E-state index contributed by atoms with van der Waals surface area (Å²) in [5, 5.41) is 2.63. The molecule has 17 heavy (non-hydrogen) atoms. The summed E-state index contributed by atoms with van der Waals surface area (Å²) < 4.78 is 0. The van der Waals surface area contributed by atoms with Gasteiger partial charge in [0.2, 0.25) is 0 Å². The molecular weight excluding hydrogens is 234 g/mol.